The maximum atomic E-state index is 9.78. The van der Waals surface area contributed by atoms with Gasteiger partial charge in [-0.3, -0.25) is 4.98 Å². The molecule has 4 nitrogen and oxygen atoms in total. The van der Waals surface area contributed by atoms with Gasteiger partial charge in [0.1, 0.15) is 0 Å². The zero-order valence-corrected chi connectivity index (χ0v) is 10.2. The van der Waals surface area contributed by atoms with E-state index in [1.54, 1.807) is 6.20 Å². The van der Waals surface area contributed by atoms with Gasteiger partial charge in [0.15, 0.2) is 0 Å². The highest BCUT2D eigenvalue weighted by atomic mass is 16.3. The molecule has 1 saturated heterocycles. The van der Waals surface area contributed by atoms with Crippen molar-refractivity contribution in [3.63, 3.8) is 0 Å². The van der Waals surface area contributed by atoms with E-state index < -0.39 is 0 Å². The molecule has 0 amide bonds. The highest BCUT2D eigenvalue weighted by Crippen LogP contribution is 2.30. The Bertz CT molecular complexity index is 570. The fraction of sp³-hybridized carbons (Fsp3) is 0.357. The molecule has 0 spiro atoms. The Labute approximate surface area is 106 Å². The SMILES string of the molecule is Nc1ccc(N2CCCC(O)C2)c2ncccc12. The molecule has 3 rings (SSSR count). The van der Waals surface area contributed by atoms with E-state index in [-0.39, 0.29) is 6.10 Å². The summed E-state index contributed by atoms with van der Waals surface area (Å²) in [4.78, 5) is 6.64. The van der Waals surface area contributed by atoms with Gasteiger partial charge in [0.2, 0.25) is 0 Å². The number of fused-ring (bicyclic) bond motifs is 1. The largest absolute Gasteiger partial charge is 0.398 e. The first-order chi connectivity index (χ1) is 8.75. The van der Waals surface area contributed by atoms with Crippen LogP contribution in [0.15, 0.2) is 30.5 Å². The van der Waals surface area contributed by atoms with E-state index in [0.717, 1.165) is 41.7 Å². The van der Waals surface area contributed by atoms with Gasteiger partial charge in [-0.25, -0.2) is 0 Å². The molecule has 0 aliphatic carbocycles. The number of hydrogen-bond acceptors (Lipinski definition) is 4. The first-order valence-corrected chi connectivity index (χ1v) is 6.32. The van der Waals surface area contributed by atoms with E-state index in [1.807, 2.05) is 24.3 Å². The molecular formula is C14H17N3O. The van der Waals surface area contributed by atoms with Crippen LogP contribution in [0.25, 0.3) is 10.9 Å². The van der Waals surface area contributed by atoms with Gasteiger partial charge in [-0.1, -0.05) is 0 Å². The van der Waals surface area contributed by atoms with E-state index in [1.165, 1.54) is 0 Å². The van der Waals surface area contributed by atoms with Crippen molar-refractivity contribution in [3.05, 3.63) is 30.5 Å². The summed E-state index contributed by atoms with van der Waals surface area (Å²) in [6.07, 6.45) is 3.44. The Morgan fingerprint density at radius 1 is 1.33 bits per heavy atom. The second-order valence-electron chi connectivity index (χ2n) is 4.82. The summed E-state index contributed by atoms with van der Waals surface area (Å²) in [5.41, 5.74) is 8.71. The number of aliphatic hydroxyl groups is 1. The van der Waals surface area contributed by atoms with E-state index in [9.17, 15) is 5.11 Å². The van der Waals surface area contributed by atoms with Crippen molar-refractivity contribution < 1.29 is 5.11 Å². The normalized spacial score (nSPS) is 20.3. The Hall–Kier alpha value is -1.81. The topological polar surface area (TPSA) is 62.4 Å². The van der Waals surface area contributed by atoms with E-state index >= 15 is 0 Å². The average Bonchev–Trinajstić information content (AvgIpc) is 2.39. The summed E-state index contributed by atoms with van der Waals surface area (Å²) < 4.78 is 0. The van der Waals surface area contributed by atoms with Gasteiger partial charge in [0, 0.05) is 30.4 Å². The number of aromatic nitrogens is 1. The third-order valence-corrected chi connectivity index (χ3v) is 3.52. The maximum absolute atomic E-state index is 9.78. The first-order valence-electron chi connectivity index (χ1n) is 6.32. The van der Waals surface area contributed by atoms with Gasteiger partial charge in [0.25, 0.3) is 0 Å². The molecule has 0 bridgehead atoms. The molecule has 1 aliphatic rings. The zero-order chi connectivity index (χ0) is 12.5. The van der Waals surface area contributed by atoms with E-state index in [0.29, 0.717) is 6.54 Å². The maximum Gasteiger partial charge on any atom is 0.0955 e. The second kappa shape index (κ2) is 4.46. The monoisotopic (exact) mass is 243 g/mol. The summed E-state index contributed by atoms with van der Waals surface area (Å²) in [6.45, 7) is 1.64. The smallest absolute Gasteiger partial charge is 0.0955 e. The molecule has 1 aromatic carbocycles. The van der Waals surface area contributed by atoms with Gasteiger partial charge >= 0.3 is 0 Å². The van der Waals surface area contributed by atoms with Crippen LogP contribution >= 0.6 is 0 Å². The van der Waals surface area contributed by atoms with Crippen LogP contribution in [0.5, 0.6) is 0 Å². The fourth-order valence-corrected chi connectivity index (χ4v) is 2.61. The highest BCUT2D eigenvalue weighted by molar-refractivity contribution is 5.98. The molecule has 3 N–H and O–H groups in total. The third kappa shape index (κ3) is 1.88. The zero-order valence-electron chi connectivity index (χ0n) is 10.2. The lowest BCUT2D eigenvalue weighted by Crippen LogP contribution is -2.38. The molecular weight excluding hydrogens is 226 g/mol. The number of aliphatic hydroxyl groups excluding tert-OH is 1. The number of piperidine rings is 1. The lowest BCUT2D eigenvalue weighted by molar-refractivity contribution is 0.154. The Morgan fingerprint density at radius 2 is 2.22 bits per heavy atom. The first kappa shape index (κ1) is 11.3. The van der Waals surface area contributed by atoms with Crippen LogP contribution < -0.4 is 10.6 Å². The number of nitrogens with two attached hydrogens (primary N) is 1. The average molecular weight is 243 g/mol. The molecule has 18 heavy (non-hydrogen) atoms. The van der Waals surface area contributed by atoms with Crippen LogP contribution in [0, 0.1) is 0 Å². The summed E-state index contributed by atoms with van der Waals surface area (Å²) in [5, 5.41) is 10.8. The predicted molar refractivity (Wildman–Crippen MR) is 73.6 cm³/mol. The lowest BCUT2D eigenvalue weighted by atomic mass is 10.1. The summed E-state index contributed by atoms with van der Waals surface area (Å²) in [7, 11) is 0. The molecule has 1 atom stereocenters. The molecule has 1 aromatic heterocycles. The van der Waals surface area contributed by atoms with E-state index in [4.69, 9.17) is 5.73 Å². The van der Waals surface area contributed by atoms with Crippen LogP contribution in [0.1, 0.15) is 12.8 Å². The Morgan fingerprint density at radius 3 is 3.06 bits per heavy atom. The number of anilines is 2. The van der Waals surface area contributed by atoms with Gasteiger partial charge in [-0.2, -0.15) is 0 Å². The van der Waals surface area contributed by atoms with Crippen molar-refractivity contribution in [2.75, 3.05) is 23.7 Å². The Kier molecular flexibility index (Phi) is 2.80. The minimum absolute atomic E-state index is 0.241. The highest BCUT2D eigenvalue weighted by Gasteiger charge is 2.20. The molecule has 0 radical (unpaired) electrons. The number of rotatable bonds is 1. The quantitative estimate of drug-likeness (QED) is 0.749. The van der Waals surface area contributed by atoms with Gasteiger partial charge in [-0.05, 0) is 37.1 Å². The number of nitrogens with zero attached hydrogens (tertiary/aromatic N) is 2. The molecule has 1 fully saturated rings. The molecule has 94 valence electrons. The fourth-order valence-electron chi connectivity index (χ4n) is 2.61. The number of nitrogen functional groups attached to an aromatic ring is 1. The van der Waals surface area contributed by atoms with Crippen molar-refractivity contribution in [3.8, 4) is 0 Å². The molecule has 1 unspecified atom stereocenters. The molecule has 2 aromatic rings. The molecule has 4 heteroatoms. The van der Waals surface area contributed by atoms with Crippen molar-refractivity contribution in [1.82, 2.24) is 4.98 Å². The van der Waals surface area contributed by atoms with Gasteiger partial charge < -0.3 is 15.7 Å². The standard InChI is InChI=1S/C14H17N3O/c15-12-5-6-13(14-11(12)4-1-7-16-14)17-8-2-3-10(18)9-17/h1,4-7,10,18H,2-3,8-9,15H2. The van der Waals surface area contributed by atoms with Crippen molar-refractivity contribution >= 4 is 22.3 Å². The summed E-state index contributed by atoms with van der Waals surface area (Å²) >= 11 is 0. The summed E-state index contributed by atoms with van der Waals surface area (Å²) in [6, 6.07) is 7.80. The third-order valence-electron chi connectivity index (χ3n) is 3.52. The molecule has 2 heterocycles. The van der Waals surface area contributed by atoms with Gasteiger partial charge in [-0.15, -0.1) is 0 Å². The Balaban J connectivity index is 2.09. The van der Waals surface area contributed by atoms with E-state index in [2.05, 4.69) is 9.88 Å². The minimum atomic E-state index is -0.241. The van der Waals surface area contributed by atoms with Crippen molar-refractivity contribution in [1.29, 1.82) is 0 Å². The summed E-state index contributed by atoms with van der Waals surface area (Å²) in [5.74, 6) is 0. The van der Waals surface area contributed by atoms with Crippen LogP contribution in [-0.4, -0.2) is 29.3 Å². The number of pyridine rings is 1. The van der Waals surface area contributed by atoms with Crippen LogP contribution in [0.4, 0.5) is 11.4 Å². The number of benzene rings is 1. The number of hydrogen-bond donors (Lipinski definition) is 2. The van der Waals surface area contributed by atoms with Gasteiger partial charge in [0.05, 0.1) is 17.3 Å². The van der Waals surface area contributed by atoms with Crippen molar-refractivity contribution in [2.24, 2.45) is 0 Å². The molecule has 0 saturated carbocycles. The second-order valence-corrected chi connectivity index (χ2v) is 4.82. The van der Waals surface area contributed by atoms with Crippen LogP contribution in [-0.2, 0) is 0 Å². The van der Waals surface area contributed by atoms with Crippen LogP contribution in [0.2, 0.25) is 0 Å². The van der Waals surface area contributed by atoms with Crippen LogP contribution in [0.3, 0.4) is 0 Å². The van der Waals surface area contributed by atoms with Crippen molar-refractivity contribution in [2.45, 2.75) is 18.9 Å². The minimum Gasteiger partial charge on any atom is -0.398 e. The predicted octanol–water partition coefficient (Wildman–Crippen LogP) is 1.78. The molecule has 1 aliphatic heterocycles. The number of β-amino-alcohol motifs (C(OH)–C–C–N with tert-alkyl or cyclic N) is 1. The lowest BCUT2D eigenvalue weighted by Gasteiger charge is -2.32.